The molecule has 0 saturated carbocycles. The van der Waals surface area contributed by atoms with Gasteiger partial charge in [0.2, 0.25) is 12.3 Å². The summed E-state index contributed by atoms with van der Waals surface area (Å²) in [4.78, 5) is 13.7. The van der Waals surface area contributed by atoms with Crippen LogP contribution in [0.3, 0.4) is 0 Å². The minimum Gasteiger partial charge on any atom is -0.287 e. The fraction of sp³-hybridized carbons (Fsp3) is 0.0952. The molecule has 0 saturated heterocycles. The highest BCUT2D eigenvalue weighted by atomic mass is 32.1. The molecule has 128 valence electrons. The maximum Gasteiger partial charge on any atom is 0.227 e. The van der Waals surface area contributed by atoms with Crippen molar-refractivity contribution < 1.29 is 9.36 Å². The maximum atomic E-state index is 12.4. The predicted octanol–water partition coefficient (Wildman–Crippen LogP) is 3.90. The first-order valence-electron chi connectivity index (χ1n) is 8.42. The number of carbonyl (C=O) groups excluding carboxylic acids is 1. The number of ketones is 1. The lowest BCUT2D eigenvalue weighted by molar-refractivity contribution is -0.682. The minimum atomic E-state index is 0.0909. The number of hydrogen-bond acceptors (Lipinski definition) is 3. The third kappa shape index (κ3) is 3.78. The molecule has 3 aromatic heterocycles. The van der Waals surface area contributed by atoms with Gasteiger partial charge in [-0.25, -0.2) is 0 Å². The molecule has 0 unspecified atom stereocenters. The number of thiophene rings is 1. The molecule has 0 spiro atoms. The molecular weight excluding hydrogens is 342 g/mol. The lowest BCUT2D eigenvalue weighted by Gasteiger charge is -1.99. The number of hydrogen-bond donors (Lipinski definition) is 1. The van der Waals surface area contributed by atoms with Gasteiger partial charge in [-0.3, -0.25) is 9.89 Å². The molecule has 0 aliphatic heterocycles. The van der Waals surface area contributed by atoms with Gasteiger partial charge in [-0.05, 0) is 23.6 Å². The van der Waals surface area contributed by atoms with Crippen LogP contribution in [0.4, 0.5) is 0 Å². The summed E-state index contributed by atoms with van der Waals surface area (Å²) in [5.74, 6) is 0.0909. The second kappa shape index (κ2) is 7.45. The van der Waals surface area contributed by atoms with Gasteiger partial charge < -0.3 is 0 Å². The van der Waals surface area contributed by atoms with Crippen LogP contribution < -0.4 is 4.57 Å². The van der Waals surface area contributed by atoms with Crippen molar-refractivity contribution >= 4 is 17.1 Å². The molecular formula is C21H18N3OS+. The van der Waals surface area contributed by atoms with Gasteiger partial charge in [-0.2, -0.15) is 9.67 Å². The molecule has 0 aliphatic carbocycles. The van der Waals surface area contributed by atoms with Crippen LogP contribution in [-0.2, 0) is 13.0 Å². The Kier molecular flexibility index (Phi) is 4.71. The molecule has 1 N–H and O–H groups in total. The number of nitrogens with one attached hydrogen (secondary N) is 1. The number of Topliss-reactive ketones (excluding diaryl/α,β-unsaturated/α-hetero) is 1. The Balaban J connectivity index is 1.51. The maximum absolute atomic E-state index is 12.4. The van der Waals surface area contributed by atoms with E-state index in [-0.39, 0.29) is 5.78 Å². The van der Waals surface area contributed by atoms with Gasteiger partial charge in [-0.15, -0.1) is 11.3 Å². The molecule has 4 nitrogen and oxygen atoms in total. The van der Waals surface area contributed by atoms with Gasteiger partial charge in [0.15, 0.2) is 12.4 Å². The summed E-state index contributed by atoms with van der Waals surface area (Å²) < 4.78 is 1.90. The average molecular weight is 360 g/mol. The third-order valence-corrected chi connectivity index (χ3v) is 5.03. The molecule has 0 amide bonds. The molecule has 4 aromatic rings. The summed E-state index contributed by atoms with van der Waals surface area (Å²) >= 11 is 1.74. The highest BCUT2D eigenvalue weighted by molar-refractivity contribution is 7.09. The zero-order valence-corrected chi connectivity index (χ0v) is 14.9. The van der Waals surface area contributed by atoms with E-state index in [0.29, 0.717) is 6.54 Å². The first-order chi connectivity index (χ1) is 12.8. The van der Waals surface area contributed by atoms with Crippen LogP contribution in [-0.4, -0.2) is 16.0 Å². The van der Waals surface area contributed by atoms with Crippen molar-refractivity contribution in [1.29, 1.82) is 0 Å². The Morgan fingerprint density at radius 1 is 1.08 bits per heavy atom. The first kappa shape index (κ1) is 16.4. The number of pyridine rings is 1. The number of aromatic nitrogens is 3. The van der Waals surface area contributed by atoms with Crippen LogP contribution in [0.5, 0.6) is 0 Å². The Bertz CT molecular complexity index is 1010. The van der Waals surface area contributed by atoms with Crippen LogP contribution in [0.15, 0.2) is 78.4 Å². The summed E-state index contributed by atoms with van der Waals surface area (Å²) in [5, 5.41) is 9.62. The van der Waals surface area contributed by atoms with Crippen molar-refractivity contribution in [2.24, 2.45) is 0 Å². The highest BCUT2D eigenvalue weighted by Crippen LogP contribution is 2.19. The summed E-state index contributed by atoms with van der Waals surface area (Å²) in [5.41, 5.74) is 3.68. The number of nitrogens with zero attached hydrogens (tertiary/aromatic N) is 2. The van der Waals surface area contributed by atoms with Crippen molar-refractivity contribution in [3.63, 3.8) is 0 Å². The Labute approximate surface area is 155 Å². The Hall–Kier alpha value is -3.05. The van der Waals surface area contributed by atoms with Crippen LogP contribution >= 0.6 is 11.3 Å². The normalized spacial score (nSPS) is 10.8. The zero-order chi connectivity index (χ0) is 17.8. The standard InChI is InChI=1S/C21H18N3OS/c25-21(16-6-2-1-3-7-16)15-24-10-4-8-17(14-24)20-13-18(22-23-20)12-19-9-5-11-26-19/h1-11,13-14H,12,15H2,(H,22,23)/q+1. The summed E-state index contributed by atoms with van der Waals surface area (Å²) in [7, 11) is 0. The van der Waals surface area contributed by atoms with Crippen molar-refractivity contribution in [1.82, 2.24) is 10.2 Å². The molecule has 1 aromatic carbocycles. The van der Waals surface area contributed by atoms with E-state index in [4.69, 9.17) is 0 Å². The van der Waals surface area contributed by atoms with E-state index < -0.39 is 0 Å². The lowest BCUT2D eigenvalue weighted by Crippen LogP contribution is -2.37. The molecule has 5 heteroatoms. The molecule has 0 fully saturated rings. The van der Waals surface area contributed by atoms with E-state index >= 15 is 0 Å². The van der Waals surface area contributed by atoms with Crippen LogP contribution in [0.1, 0.15) is 20.9 Å². The van der Waals surface area contributed by atoms with Crippen molar-refractivity contribution in [3.8, 4) is 11.3 Å². The van der Waals surface area contributed by atoms with Crippen LogP contribution in [0.2, 0.25) is 0 Å². The summed E-state index contributed by atoms with van der Waals surface area (Å²) in [6.45, 7) is 0.310. The molecule has 0 atom stereocenters. The van der Waals surface area contributed by atoms with Crippen LogP contribution in [0, 0.1) is 0 Å². The van der Waals surface area contributed by atoms with Crippen molar-refractivity contribution in [3.05, 3.63) is 94.6 Å². The molecule has 0 aliphatic rings. The fourth-order valence-electron chi connectivity index (χ4n) is 2.85. The van der Waals surface area contributed by atoms with Gasteiger partial charge in [0.25, 0.3) is 0 Å². The van der Waals surface area contributed by atoms with E-state index in [1.165, 1.54) is 4.88 Å². The Morgan fingerprint density at radius 2 is 1.96 bits per heavy atom. The SMILES string of the molecule is O=C(C[n+]1cccc(-c2cc(Cc3cccs3)[nH]n2)c1)c1ccccc1. The Morgan fingerprint density at radius 3 is 2.77 bits per heavy atom. The number of rotatable bonds is 6. The third-order valence-electron chi connectivity index (χ3n) is 4.15. The second-order valence-electron chi connectivity index (χ2n) is 6.09. The highest BCUT2D eigenvalue weighted by Gasteiger charge is 2.14. The quantitative estimate of drug-likeness (QED) is 0.419. The minimum absolute atomic E-state index is 0.0909. The number of carbonyl (C=O) groups is 1. The number of benzene rings is 1. The number of H-pyrrole nitrogens is 1. The molecule has 0 bridgehead atoms. The first-order valence-corrected chi connectivity index (χ1v) is 9.30. The van der Waals surface area contributed by atoms with E-state index in [9.17, 15) is 4.79 Å². The lowest BCUT2D eigenvalue weighted by atomic mass is 10.1. The van der Waals surface area contributed by atoms with Crippen LogP contribution in [0.25, 0.3) is 11.3 Å². The average Bonchev–Trinajstić information content (AvgIpc) is 3.35. The van der Waals surface area contributed by atoms with Gasteiger partial charge >= 0.3 is 0 Å². The smallest absolute Gasteiger partial charge is 0.227 e. The summed E-state index contributed by atoms with van der Waals surface area (Å²) in [6, 6.07) is 19.6. The van der Waals surface area contributed by atoms with Gasteiger partial charge in [0.05, 0.1) is 11.3 Å². The second-order valence-corrected chi connectivity index (χ2v) is 7.12. The molecule has 4 rings (SSSR count). The molecule has 3 heterocycles. The van der Waals surface area contributed by atoms with E-state index in [1.807, 2.05) is 59.4 Å². The molecule has 0 radical (unpaired) electrons. The topological polar surface area (TPSA) is 49.6 Å². The van der Waals surface area contributed by atoms with E-state index in [1.54, 1.807) is 11.3 Å². The van der Waals surface area contributed by atoms with E-state index in [0.717, 1.165) is 28.9 Å². The predicted molar refractivity (Wildman–Crippen MR) is 102 cm³/mol. The summed E-state index contributed by atoms with van der Waals surface area (Å²) in [6.07, 6.45) is 4.72. The zero-order valence-electron chi connectivity index (χ0n) is 14.1. The van der Waals surface area contributed by atoms with Crippen molar-refractivity contribution in [2.45, 2.75) is 13.0 Å². The largest absolute Gasteiger partial charge is 0.287 e. The number of aromatic amines is 1. The van der Waals surface area contributed by atoms with Crippen molar-refractivity contribution in [2.75, 3.05) is 0 Å². The van der Waals surface area contributed by atoms with E-state index in [2.05, 4.69) is 33.8 Å². The molecule has 26 heavy (non-hydrogen) atoms. The van der Waals surface area contributed by atoms with Gasteiger partial charge in [0.1, 0.15) is 0 Å². The monoisotopic (exact) mass is 360 g/mol. The fourth-order valence-corrected chi connectivity index (χ4v) is 3.58. The van der Waals surface area contributed by atoms with Gasteiger partial charge in [-0.1, -0.05) is 36.4 Å². The van der Waals surface area contributed by atoms with Gasteiger partial charge in [0, 0.05) is 28.6 Å².